The standard InChI is InChI=1S/C19H21N3O4S3/c1-2-26-14-5-6-15-16(12-14)28-19(20-15)21-18(23)13-7-9-22(10-8-13)29(24,25)17-4-3-11-27-17/h3-6,11-13H,2,7-10H2,1H3,(H,20,21,23). The second-order valence-corrected chi connectivity index (χ2v) is 10.8. The summed E-state index contributed by atoms with van der Waals surface area (Å²) in [6.45, 7) is 3.21. The molecular formula is C19H21N3O4S3. The van der Waals surface area contributed by atoms with E-state index >= 15 is 0 Å². The van der Waals surface area contributed by atoms with Gasteiger partial charge in [-0.2, -0.15) is 4.31 Å². The lowest BCUT2D eigenvalue weighted by Gasteiger charge is -2.29. The predicted molar refractivity (Wildman–Crippen MR) is 115 cm³/mol. The fourth-order valence-electron chi connectivity index (χ4n) is 3.32. The van der Waals surface area contributed by atoms with Crippen LogP contribution >= 0.6 is 22.7 Å². The molecule has 0 saturated carbocycles. The lowest BCUT2D eigenvalue weighted by atomic mass is 9.97. The summed E-state index contributed by atoms with van der Waals surface area (Å²) in [4.78, 5) is 17.1. The van der Waals surface area contributed by atoms with Gasteiger partial charge in [0.25, 0.3) is 10.0 Å². The maximum absolute atomic E-state index is 12.7. The number of sulfonamides is 1. The van der Waals surface area contributed by atoms with E-state index in [1.54, 1.807) is 17.5 Å². The Hall–Kier alpha value is -2.01. The summed E-state index contributed by atoms with van der Waals surface area (Å²) in [5.74, 6) is 0.443. The first-order valence-electron chi connectivity index (χ1n) is 9.35. The number of thiazole rings is 1. The van der Waals surface area contributed by atoms with Gasteiger partial charge in [0.15, 0.2) is 5.13 Å². The van der Waals surface area contributed by atoms with Crippen LogP contribution < -0.4 is 10.1 Å². The Morgan fingerprint density at radius 1 is 1.31 bits per heavy atom. The van der Waals surface area contributed by atoms with E-state index in [0.717, 1.165) is 16.0 Å². The van der Waals surface area contributed by atoms with Gasteiger partial charge >= 0.3 is 0 Å². The maximum Gasteiger partial charge on any atom is 0.252 e. The fraction of sp³-hybridized carbons (Fsp3) is 0.368. The average molecular weight is 452 g/mol. The van der Waals surface area contributed by atoms with Gasteiger partial charge in [-0.25, -0.2) is 13.4 Å². The molecule has 0 aliphatic carbocycles. The molecule has 4 rings (SSSR count). The van der Waals surface area contributed by atoms with Crippen molar-refractivity contribution in [3.63, 3.8) is 0 Å². The minimum absolute atomic E-state index is 0.109. The molecule has 3 aromatic rings. The van der Waals surface area contributed by atoms with Crippen molar-refractivity contribution in [1.29, 1.82) is 0 Å². The van der Waals surface area contributed by atoms with Crippen molar-refractivity contribution in [2.24, 2.45) is 5.92 Å². The maximum atomic E-state index is 12.7. The van der Waals surface area contributed by atoms with E-state index in [0.29, 0.717) is 41.9 Å². The third kappa shape index (κ3) is 4.30. The SMILES string of the molecule is CCOc1ccc2nc(NC(=O)C3CCN(S(=O)(=O)c4cccs4)CC3)sc2c1. The second-order valence-electron chi connectivity index (χ2n) is 6.68. The normalized spacial score (nSPS) is 16.2. The zero-order chi connectivity index (χ0) is 20.4. The van der Waals surface area contributed by atoms with E-state index in [2.05, 4.69) is 10.3 Å². The van der Waals surface area contributed by atoms with E-state index in [-0.39, 0.29) is 11.8 Å². The van der Waals surface area contributed by atoms with E-state index in [4.69, 9.17) is 4.74 Å². The summed E-state index contributed by atoms with van der Waals surface area (Å²) < 4.78 is 33.5. The van der Waals surface area contributed by atoms with Gasteiger partial charge < -0.3 is 10.1 Å². The Labute approximate surface area is 177 Å². The van der Waals surface area contributed by atoms with Crippen molar-refractivity contribution in [2.75, 3.05) is 25.0 Å². The number of amides is 1. The zero-order valence-corrected chi connectivity index (χ0v) is 18.3. The molecule has 1 fully saturated rings. The summed E-state index contributed by atoms with van der Waals surface area (Å²) in [5, 5.41) is 5.20. The molecule has 0 radical (unpaired) electrons. The van der Waals surface area contributed by atoms with Crippen LogP contribution in [0.25, 0.3) is 10.2 Å². The largest absolute Gasteiger partial charge is 0.494 e. The number of hydrogen-bond donors (Lipinski definition) is 1. The average Bonchev–Trinajstić information content (AvgIpc) is 3.38. The molecule has 1 amide bonds. The van der Waals surface area contributed by atoms with Crippen LogP contribution in [0.3, 0.4) is 0 Å². The van der Waals surface area contributed by atoms with Crippen molar-refractivity contribution in [1.82, 2.24) is 9.29 Å². The number of thiophene rings is 1. The molecule has 1 N–H and O–H groups in total. The van der Waals surface area contributed by atoms with E-state index in [9.17, 15) is 13.2 Å². The molecule has 154 valence electrons. The number of hydrogen-bond acceptors (Lipinski definition) is 7. The minimum atomic E-state index is -3.45. The monoisotopic (exact) mass is 451 g/mol. The number of anilines is 1. The number of fused-ring (bicyclic) bond motifs is 1. The molecular weight excluding hydrogens is 430 g/mol. The first-order valence-corrected chi connectivity index (χ1v) is 12.5. The smallest absolute Gasteiger partial charge is 0.252 e. The molecule has 7 nitrogen and oxygen atoms in total. The number of nitrogens with one attached hydrogen (secondary N) is 1. The number of ether oxygens (including phenoxy) is 1. The van der Waals surface area contributed by atoms with Crippen LogP contribution in [0.4, 0.5) is 5.13 Å². The van der Waals surface area contributed by atoms with Crippen LogP contribution in [-0.2, 0) is 14.8 Å². The molecule has 0 atom stereocenters. The number of piperidine rings is 1. The third-order valence-electron chi connectivity index (χ3n) is 4.81. The van der Waals surface area contributed by atoms with Crippen LogP contribution in [0.2, 0.25) is 0 Å². The molecule has 1 aliphatic rings. The molecule has 10 heteroatoms. The molecule has 1 aromatic carbocycles. The Kier molecular flexibility index (Phi) is 5.86. The van der Waals surface area contributed by atoms with Crippen LogP contribution in [0, 0.1) is 5.92 Å². The van der Waals surface area contributed by atoms with Crippen molar-refractivity contribution in [2.45, 2.75) is 24.0 Å². The van der Waals surface area contributed by atoms with Crippen molar-refractivity contribution in [3.8, 4) is 5.75 Å². The molecule has 2 aromatic heterocycles. The lowest BCUT2D eigenvalue weighted by molar-refractivity contribution is -0.120. The Bertz CT molecular complexity index is 1100. The van der Waals surface area contributed by atoms with E-state index in [1.165, 1.54) is 27.0 Å². The van der Waals surface area contributed by atoms with Gasteiger partial charge in [0, 0.05) is 19.0 Å². The zero-order valence-electron chi connectivity index (χ0n) is 15.8. The first-order chi connectivity index (χ1) is 14.0. The van der Waals surface area contributed by atoms with E-state index < -0.39 is 10.0 Å². The highest BCUT2D eigenvalue weighted by atomic mass is 32.2. The van der Waals surface area contributed by atoms with Gasteiger partial charge in [0.2, 0.25) is 5.91 Å². The number of benzene rings is 1. The Morgan fingerprint density at radius 3 is 2.79 bits per heavy atom. The highest BCUT2D eigenvalue weighted by Gasteiger charge is 2.32. The number of carbonyl (C=O) groups excluding carboxylic acids is 1. The van der Waals surface area contributed by atoms with Crippen LogP contribution in [0.15, 0.2) is 39.9 Å². The highest BCUT2D eigenvalue weighted by Crippen LogP contribution is 2.31. The summed E-state index contributed by atoms with van der Waals surface area (Å²) in [6.07, 6.45) is 0.992. The summed E-state index contributed by atoms with van der Waals surface area (Å²) in [7, 11) is -3.45. The Morgan fingerprint density at radius 2 is 2.10 bits per heavy atom. The van der Waals surface area contributed by atoms with Crippen molar-refractivity contribution < 1.29 is 17.9 Å². The van der Waals surface area contributed by atoms with Crippen LogP contribution in [0.5, 0.6) is 5.75 Å². The van der Waals surface area contributed by atoms with Gasteiger partial charge in [-0.3, -0.25) is 4.79 Å². The number of nitrogens with zero attached hydrogens (tertiary/aromatic N) is 2. The molecule has 0 unspecified atom stereocenters. The molecule has 0 spiro atoms. The summed E-state index contributed by atoms with van der Waals surface area (Å²) in [5.41, 5.74) is 0.811. The lowest BCUT2D eigenvalue weighted by Crippen LogP contribution is -2.41. The first kappa shape index (κ1) is 20.3. The topological polar surface area (TPSA) is 88.6 Å². The molecule has 1 saturated heterocycles. The van der Waals surface area contributed by atoms with Gasteiger partial charge in [0.1, 0.15) is 9.96 Å². The van der Waals surface area contributed by atoms with E-state index in [1.807, 2.05) is 25.1 Å². The molecule has 3 heterocycles. The molecule has 1 aliphatic heterocycles. The van der Waals surface area contributed by atoms with Gasteiger partial charge in [0.05, 0.1) is 16.8 Å². The third-order valence-corrected chi connectivity index (χ3v) is 9.02. The van der Waals surface area contributed by atoms with Crippen LogP contribution in [-0.4, -0.2) is 43.3 Å². The van der Waals surface area contributed by atoms with Crippen LogP contribution in [0.1, 0.15) is 19.8 Å². The quantitative estimate of drug-likeness (QED) is 0.616. The number of carbonyl (C=O) groups is 1. The van der Waals surface area contributed by atoms with Crippen molar-refractivity contribution >= 4 is 54.0 Å². The second kappa shape index (κ2) is 8.39. The fourth-order valence-corrected chi connectivity index (χ4v) is 6.83. The molecule has 0 bridgehead atoms. The van der Waals surface area contributed by atoms with Gasteiger partial charge in [-0.1, -0.05) is 17.4 Å². The van der Waals surface area contributed by atoms with Gasteiger partial charge in [-0.15, -0.1) is 11.3 Å². The summed E-state index contributed by atoms with van der Waals surface area (Å²) in [6, 6.07) is 9.00. The summed E-state index contributed by atoms with van der Waals surface area (Å²) >= 11 is 2.62. The van der Waals surface area contributed by atoms with Gasteiger partial charge in [-0.05, 0) is 49.4 Å². The minimum Gasteiger partial charge on any atom is -0.494 e. The highest BCUT2D eigenvalue weighted by molar-refractivity contribution is 7.91. The van der Waals surface area contributed by atoms with Crippen molar-refractivity contribution in [3.05, 3.63) is 35.7 Å². The molecule has 29 heavy (non-hydrogen) atoms. The Balaban J connectivity index is 1.38. The predicted octanol–water partition coefficient (Wildman–Crippen LogP) is 3.80. The number of rotatable bonds is 6. The number of aromatic nitrogens is 1.